The molecule has 7 heteroatoms. The molecule has 0 bridgehead atoms. The van der Waals surface area contributed by atoms with Gasteiger partial charge in [-0.05, 0) is 50.4 Å². The Morgan fingerprint density at radius 1 is 0.359 bits per heavy atom. The number of carboxylic acids is 2. The number of aliphatic carboxylic acids is 2. The van der Waals surface area contributed by atoms with E-state index in [1.807, 2.05) is 0 Å². The van der Waals surface area contributed by atoms with Crippen LogP contribution in [0.1, 0.15) is 317 Å². The molecule has 3 unspecified atom stereocenters. The molecule has 0 saturated heterocycles. The molecule has 0 fully saturated rings. The fourth-order valence-corrected chi connectivity index (χ4v) is 8.97. The Hall–Kier alpha value is -1.63. The molecule has 0 aliphatic heterocycles. The fraction of sp³-hybridized carbons (Fsp3) is 0.947. The lowest BCUT2D eigenvalue weighted by Gasteiger charge is -2.21. The molecule has 3 N–H and O–H groups in total. The topological polar surface area (TPSA) is 113 Å². The molecule has 0 radical (unpaired) electrons. The van der Waals surface area contributed by atoms with E-state index >= 15 is 0 Å². The Morgan fingerprint density at radius 2 is 0.625 bits per heavy atom. The van der Waals surface area contributed by atoms with Crippen LogP contribution in [0.3, 0.4) is 0 Å². The van der Waals surface area contributed by atoms with Gasteiger partial charge in [0.1, 0.15) is 6.04 Å². The predicted molar refractivity (Wildman–Crippen MR) is 277 cm³/mol. The first-order valence-electron chi connectivity index (χ1n) is 28.6. The number of unbranched alkanes of at least 4 members (excludes halogenated alkanes) is 32. The zero-order chi connectivity index (χ0) is 47.4. The third-order valence-electron chi connectivity index (χ3n) is 13.4. The molecule has 0 aromatic heterocycles. The molecule has 1 amide bonds. The number of rotatable bonds is 51. The lowest BCUT2D eigenvalue weighted by atomic mass is 9.93. The maximum atomic E-state index is 11.7. The predicted octanol–water partition coefficient (Wildman–Crippen LogP) is 18.1. The molecular weight excluding hydrogens is 795 g/mol. The van der Waals surface area contributed by atoms with Crippen molar-refractivity contribution in [3.63, 3.8) is 0 Å². The number of hydrogen-bond acceptors (Lipinski definition) is 4. The third-order valence-corrected chi connectivity index (χ3v) is 13.4. The van der Waals surface area contributed by atoms with Crippen molar-refractivity contribution in [3.8, 4) is 0 Å². The second-order valence-electron chi connectivity index (χ2n) is 19.9. The molecule has 0 aliphatic carbocycles. The van der Waals surface area contributed by atoms with Gasteiger partial charge in [0.05, 0.1) is 0 Å². The van der Waals surface area contributed by atoms with Crippen LogP contribution in [-0.2, 0) is 19.1 Å². The minimum absolute atomic E-state index is 0.0891. The smallest absolute Gasteiger partial charge is 0.326 e. The van der Waals surface area contributed by atoms with Gasteiger partial charge in [0.15, 0.2) is 0 Å². The van der Waals surface area contributed by atoms with E-state index in [1.54, 1.807) is 0 Å². The maximum absolute atomic E-state index is 11.7. The summed E-state index contributed by atoms with van der Waals surface area (Å²) in [5.74, 6) is -0.958. The summed E-state index contributed by atoms with van der Waals surface area (Å²) in [5, 5.41) is 19.9. The second-order valence-corrected chi connectivity index (χ2v) is 19.9. The summed E-state index contributed by atoms with van der Waals surface area (Å²) in [6.07, 6.45) is 55.9. The summed E-state index contributed by atoms with van der Waals surface area (Å²) in [4.78, 5) is 33.1. The van der Waals surface area contributed by atoms with E-state index in [-0.39, 0.29) is 18.7 Å². The number of nitrogens with one attached hydrogen (secondary N) is 1. The highest BCUT2D eigenvalue weighted by Gasteiger charge is 2.20. The molecule has 0 aromatic carbocycles. The first-order valence-corrected chi connectivity index (χ1v) is 28.6. The first kappa shape index (κ1) is 64.5. The van der Waals surface area contributed by atoms with Crippen LogP contribution >= 0.6 is 0 Å². The fourth-order valence-electron chi connectivity index (χ4n) is 8.97. The molecule has 64 heavy (non-hydrogen) atoms. The van der Waals surface area contributed by atoms with Gasteiger partial charge < -0.3 is 20.3 Å². The van der Waals surface area contributed by atoms with E-state index in [9.17, 15) is 14.4 Å². The molecule has 7 nitrogen and oxygen atoms in total. The minimum Gasteiger partial charge on any atom is -0.481 e. The Kier molecular flexibility index (Phi) is 54.4. The summed E-state index contributed by atoms with van der Waals surface area (Å²) >= 11 is 0. The van der Waals surface area contributed by atoms with E-state index in [4.69, 9.17) is 14.9 Å². The van der Waals surface area contributed by atoms with Crippen LogP contribution in [0.25, 0.3) is 0 Å². The van der Waals surface area contributed by atoms with E-state index in [1.165, 1.54) is 244 Å². The van der Waals surface area contributed by atoms with Gasteiger partial charge in [-0.15, -0.1) is 0 Å². The lowest BCUT2D eigenvalue weighted by Crippen LogP contribution is -2.41. The Bertz CT molecular complexity index is 918. The van der Waals surface area contributed by atoms with Gasteiger partial charge in [0, 0.05) is 26.1 Å². The monoisotopic (exact) mass is 908 g/mol. The quantitative estimate of drug-likeness (QED) is 0.0524. The van der Waals surface area contributed by atoms with Crippen LogP contribution in [-0.4, -0.2) is 47.3 Å². The summed E-state index contributed by atoms with van der Waals surface area (Å²) in [7, 11) is 0. The van der Waals surface area contributed by atoms with Gasteiger partial charge in [0.2, 0.25) is 5.91 Å². The van der Waals surface area contributed by atoms with Crippen LogP contribution in [0.2, 0.25) is 0 Å². The molecule has 0 heterocycles. The molecule has 0 rings (SSSR count). The first-order chi connectivity index (χ1) is 31.2. The number of hydrogen-bond donors (Lipinski definition) is 3. The maximum Gasteiger partial charge on any atom is 0.326 e. The molecule has 382 valence electrons. The average Bonchev–Trinajstić information content (AvgIpc) is 3.28. The standard InChI is InChI=1S/C40H82O.C17H31NO5/c1-5-9-13-17-21-23-27-31-35-39(33-29-25-19-15-11-7-3)37-41-38-40(34-30-26-20-16-12-8-4)36-32-28-24-22-18-14-10-6-2;1-2-3-4-5-6-7-8-9-10-11-15(19)18-14(17(22)23)12-13-16(20)21/h39-40H,5-38H2,1-4H3;14H,2-13H2,1H3,(H,18,19)(H,20,21)(H,22,23). The highest BCUT2D eigenvalue weighted by molar-refractivity contribution is 5.83. The van der Waals surface area contributed by atoms with Crippen LogP contribution in [0.5, 0.6) is 0 Å². The van der Waals surface area contributed by atoms with E-state index < -0.39 is 18.0 Å². The van der Waals surface area contributed by atoms with Gasteiger partial charge in [-0.3, -0.25) is 9.59 Å². The van der Waals surface area contributed by atoms with Crippen molar-refractivity contribution in [1.29, 1.82) is 0 Å². The van der Waals surface area contributed by atoms with Crippen LogP contribution in [0.4, 0.5) is 0 Å². The van der Waals surface area contributed by atoms with Crippen LogP contribution in [0, 0.1) is 11.8 Å². The van der Waals surface area contributed by atoms with Crippen molar-refractivity contribution in [2.24, 2.45) is 11.8 Å². The highest BCUT2D eigenvalue weighted by atomic mass is 16.5. The number of carbonyl (C=O) groups excluding carboxylic acids is 1. The van der Waals surface area contributed by atoms with Crippen molar-refractivity contribution in [1.82, 2.24) is 5.32 Å². The molecule has 0 aromatic rings. The summed E-state index contributed by atoms with van der Waals surface area (Å²) in [5.41, 5.74) is 0. The molecule has 0 aliphatic rings. The summed E-state index contributed by atoms with van der Waals surface area (Å²) in [6, 6.07) is -1.11. The highest BCUT2D eigenvalue weighted by Crippen LogP contribution is 2.24. The summed E-state index contributed by atoms with van der Waals surface area (Å²) in [6.45, 7) is 13.6. The zero-order valence-corrected chi connectivity index (χ0v) is 43.8. The largest absolute Gasteiger partial charge is 0.481 e. The van der Waals surface area contributed by atoms with E-state index in [2.05, 4.69) is 39.9 Å². The van der Waals surface area contributed by atoms with Crippen LogP contribution in [0.15, 0.2) is 0 Å². The Morgan fingerprint density at radius 3 is 0.891 bits per heavy atom. The SMILES string of the molecule is CCCCCCCCCCC(CCCCCCCC)COCC(CCCCCCCC)CCCCCCCCCC.CCCCCCCCCCCC(=O)NC(CCC(=O)O)C(=O)O. The molecule has 3 atom stereocenters. The van der Waals surface area contributed by atoms with Crippen molar-refractivity contribution >= 4 is 17.8 Å². The average molecular weight is 909 g/mol. The molecule has 0 spiro atoms. The summed E-state index contributed by atoms with van der Waals surface area (Å²) < 4.78 is 6.59. The van der Waals surface area contributed by atoms with Crippen LogP contribution < -0.4 is 5.32 Å². The number of carboxylic acid groups (broad SMARTS) is 2. The molecule has 0 saturated carbocycles. The number of amides is 1. The van der Waals surface area contributed by atoms with Gasteiger partial charge >= 0.3 is 11.9 Å². The second kappa shape index (κ2) is 54.0. The van der Waals surface area contributed by atoms with E-state index in [0.717, 1.165) is 44.3 Å². The van der Waals surface area contributed by atoms with Gasteiger partial charge in [-0.25, -0.2) is 4.79 Å². The number of ether oxygens (including phenoxy) is 1. The van der Waals surface area contributed by atoms with Gasteiger partial charge in [-0.1, -0.05) is 266 Å². The third kappa shape index (κ3) is 51.4. The van der Waals surface area contributed by atoms with Crippen molar-refractivity contribution in [3.05, 3.63) is 0 Å². The lowest BCUT2D eigenvalue weighted by molar-refractivity contribution is -0.143. The zero-order valence-electron chi connectivity index (χ0n) is 43.8. The molecular formula is C57H113NO6. The van der Waals surface area contributed by atoms with Gasteiger partial charge in [0.25, 0.3) is 0 Å². The normalized spacial score (nSPS) is 12.7. The van der Waals surface area contributed by atoms with Crippen molar-refractivity contribution in [2.75, 3.05) is 13.2 Å². The Labute approximate surface area is 399 Å². The van der Waals surface area contributed by atoms with Crippen molar-refractivity contribution in [2.45, 2.75) is 323 Å². The Balaban J connectivity index is 0. The van der Waals surface area contributed by atoms with Crippen molar-refractivity contribution < 1.29 is 29.3 Å². The minimum atomic E-state index is -1.19. The number of carbonyl (C=O) groups is 3. The van der Waals surface area contributed by atoms with Gasteiger partial charge in [-0.2, -0.15) is 0 Å². The van der Waals surface area contributed by atoms with E-state index in [0.29, 0.717) is 6.42 Å².